The van der Waals surface area contributed by atoms with Crippen molar-refractivity contribution in [3.05, 3.63) is 35.4 Å². The van der Waals surface area contributed by atoms with Crippen molar-refractivity contribution < 1.29 is 24.5 Å². The zero-order valence-electron chi connectivity index (χ0n) is 11.2. The van der Waals surface area contributed by atoms with Crippen molar-refractivity contribution >= 4 is 11.9 Å². The number of aliphatic carboxylic acids is 1. The zero-order chi connectivity index (χ0) is 14.7. The molecule has 2 rings (SSSR count). The number of β-amino-alcohol motifs (C(OH)–C–C–N with tert-alkyl or cyclic N) is 1. The van der Waals surface area contributed by atoms with Gasteiger partial charge in [0.2, 0.25) is 0 Å². The molecule has 1 aliphatic rings. The second-order valence-electron chi connectivity index (χ2n) is 4.79. The molecule has 6 heteroatoms. The quantitative estimate of drug-likeness (QED) is 0.837. The number of likely N-dealkylation sites (tertiary alicyclic amines) is 1. The average molecular weight is 279 g/mol. The summed E-state index contributed by atoms with van der Waals surface area (Å²) in [4.78, 5) is 24.9. The summed E-state index contributed by atoms with van der Waals surface area (Å²) in [7, 11) is 1.53. The van der Waals surface area contributed by atoms with Crippen molar-refractivity contribution in [2.45, 2.75) is 25.2 Å². The number of methoxy groups -OCH3 is 1. The summed E-state index contributed by atoms with van der Waals surface area (Å²) in [5, 5.41) is 18.7. The first-order valence-corrected chi connectivity index (χ1v) is 6.33. The molecule has 2 atom stereocenters. The maximum Gasteiger partial charge on any atom is 0.326 e. The third-order valence-electron chi connectivity index (χ3n) is 3.37. The molecule has 2 N–H and O–H groups in total. The lowest BCUT2D eigenvalue weighted by Crippen LogP contribution is -2.41. The van der Waals surface area contributed by atoms with E-state index in [1.165, 1.54) is 12.0 Å². The maximum atomic E-state index is 12.5. The summed E-state index contributed by atoms with van der Waals surface area (Å²) in [6.07, 6.45) is -0.734. The Balaban J connectivity index is 2.29. The van der Waals surface area contributed by atoms with E-state index >= 15 is 0 Å². The predicted octanol–water partition coefficient (Wildman–Crippen LogP) is 0.493. The van der Waals surface area contributed by atoms with Crippen LogP contribution in [0.5, 0.6) is 0 Å². The van der Waals surface area contributed by atoms with Crippen molar-refractivity contribution in [3.8, 4) is 0 Å². The van der Waals surface area contributed by atoms with E-state index in [-0.39, 0.29) is 25.5 Å². The number of carboxylic acids is 1. The van der Waals surface area contributed by atoms with Gasteiger partial charge >= 0.3 is 5.97 Å². The molecule has 1 amide bonds. The van der Waals surface area contributed by atoms with Crippen LogP contribution in [0.4, 0.5) is 0 Å². The van der Waals surface area contributed by atoms with Gasteiger partial charge in [-0.3, -0.25) is 4.79 Å². The number of amides is 1. The lowest BCUT2D eigenvalue weighted by Gasteiger charge is -2.22. The fourth-order valence-corrected chi connectivity index (χ4v) is 2.44. The molecule has 1 fully saturated rings. The minimum atomic E-state index is -1.10. The molecule has 1 aromatic carbocycles. The van der Waals surface area contributed by atoms with Crippen LogP contribution in [-0.4, -0.2) is 52.8 Å². The fraction of sp³-hybridized carbons (Fsp3) is 0.429. The van der Waals surface area contributed by atoms with Gasteiger partial charge in [0, 0.05) is 25.6 Å². The molecular weight excluding hydrogens is 262 g/mol. The standard InChI is InChI=1S/C14H17NO5/c1-20-8-9-4-2-3-5-11(9)13(17)15-7-10(16)6-12(15)14(18)19/h2-5,10,12,16H,6-8H2,1H3,(H,18,19)/t10?,12-/m0/s1. The van der Waals surface area contributed by atoms with Crippen molar-refractivity contribution in [3.63, 3.8) is 0 Å². The lowest BCUT2D eigenvalue weighted by molar-refractivity contribution is -0.141. The molecule has 6 nitrogen and oxygen atoms in total. The van der Waals surface area contributed by atoms with Gasteiger partial charge in [0.1, 0.15) is 6.04 Å². The monoisotopic (exact) mass is 279 g/mol. The van der Waals surface area contributed by atoms with Crippen molar-refractivity contribution in [2.75, 3.05) is 13.7 Å². The van der Waals surface area contributed by atoms with E-state index in [4.69, 9.17) is 9.84 Å². The Morgan fingerprint density at radius 2 is 2.10 bits per heavy atom. The minimum Gasteiger partial charge on any atom is -0.480 e. The normalized spacial score (nSPS) is 22.0. The molecule has 1 aliphatic heterocycles. The summed E-state index contributed by atoms with van der Waals surface area (Å²) in [5.41, 5.74) is 1.11. The molecule has 0 saturated carbocycles. The number of aliphatic hydroxyl groups excluding tert-OH is 1. The van der Waals surface area contributed by atoms with Crippen LogP contribution >= 0.6 is 0 Å². The van der Waals surface area contributed by atoms with Crippen LogP contribution in [0.25, 0.3) is 0 Å². The first kappa shape index (κ1) is 14.5. The molecule has 1 aromatic rings. The number of carbonyl (C=O) groups is 2. The third kappa shape index (κ3) is 2.81. The molecule has 1 saturated heterocycles. The number of hydrogen-bond donors (Lipinski definition) is 2. The van der Waals surface area contributed by atoms with Crippen LogP contribution in [0.1, 0.15) is 22.3 Å². The first-order valence-electron chi connectivity index (χ1n) is 6.33. The number of carboxylic acid groups (broad SMARTS) is 1. The molecular formula is C14H17NO5. The highest BCUT2D eigenvalue weighted by Gasteiger charge is 2.39. The SMILES string of the molecule is COCc1ccccc1C(=O)N1CC(O)C[C@H]1C(=O)O. The van der Waals surface area contributed by atoms with Gasteiger partial charge in [-0.15, -0.1) is 0 Å². The Kier molecular flexibility index (Phi) is 4.36. The summed E-state index contributed by atoms with van der Waals surface area (Å²) >= 11 is 0. The van der Waals surface area contributed by atoms with Crippen molar-refractivity contribution in [2.24, 2.45) is 0 Å². The number of rotatable bonds is 4. The Hall–Kier alpha value is -1.92. The summed E-state index contributed by atoms with van der Waals surface area (Å²) < 4.78 is 5.04. The molecule has 0 radical (unpaired) electrons. The van der Waals surface area contributed by atoms with Gasteiger partial charge in [-0.2, -0.15) is 0 Å². The Bertz CT molecular complexity index is 516. The number of carbonyl (C=O) groups excluding carboxylic acids is 1. The smallest absolute Gasteiger partial charge is 0.326 e. The molecule has 108 valence electrons. The lowest BCUT2D eigenvalue weighted by atomic mass is 10.1. The van der Waals surface area contributed by atoms with E-state index < -0.39 is 18.1 Å². The van der Waals surface area contributed by atoms with Crippen LogP contribution in [0, 0.1) is 0 Å². The fourth-order valence-electron chi connectivity index (χ4n) is 2.44. The van der Waals surface area contributed by atoms with Gasteiger partial charge in [0.25, 0.3) is 5.91 Å². The van der Waals surface area contributed by atoms with E-state index in [9.17, 15) is 14.7 Å². The molecule has 0 bridgehead atoms. The maximum absolute atomic E-state index is 12.5. The van der Waals surface area contributed by atoms with E-state index in [0.717, 1.165) is 0 Å². The number of benzene rings is 1. The van der Waals surface area contributed by atoms with Crippen LogP contribution < -0.4 is 0 Å². The van der Waals surface area contributed by atoms with Crippen LogP contribution in [0.15, 0.2) is 24.3 Å². The molecule has 20 heavy (non-hydrogen) atoms. The minimum absolute atomic E-state index is 0.0388. The zero-order valence-corrected chi connectivity index (χ0v) is 11.2. The van der Waals surface area contributed by atoms with E-state index in [0.29, 0.717) is 11.1 Å². The van der Waals surface area contributed by atoms with Crippen LogP contribution in [0.3, 0.4) is 0 Å². The predicted molar refractivity (Wildman–Crippen MR) is 70.2 cm³/mol. The molecule has 1 unspecified atom stereocenters. The second kappa shape index (κ2) is 6.02. The number of nitrogens with zero attached hydrogens (tertiary/aromatic N) is 1. The van der Waals surface area contributed by atoms with Crippen molar-refractivity contribution in [1.29, 1.82) is 0 Å². The highest BCUT2D eigenvalue weighted by Crippen LogP contribution is 2.22. The second-order valence-corrected chi connectivity index (χ2v) is 4.79. The van der Waals surface area contributed by atoms with Gasteiger partial charge in [-0.25, -0.2) is 4.79 Å². The first-order chi connectivity index (χ1) is 9.54. The number of ether oxygens (including phenoxy) is 1. The topological polar surface area (TPSA) is 87.1 Å². The van der Waals surface area contributed by atoms with Crippen molar-refractivity contribution in [1.82, 2.24) is 4.90 Å². The summed E-state index contributed by atoms with van der Waals surface area (Å²) in [6, 6.07) is 5.93. The average Bonchev–Trinajstić information content (AvgIpc) is 2.81. The largest absolute Gasteiger partial charge is 0.480 e. The Labute approximate surface area is 116 Å². The summed E-state index contributed by atoms with van der Waals surface area (Å²) in [5.74, 6) is -1.49. The van der Waals surface area contributed by atoms with E-state index in [1.54, 1.807) is 24.3 Å². The van der Waals surface area contributed by atoms with Gasteiger partial charge in [-0.1, -0.05) is 18.2 Å². The van der Waals surface area contributed by atoms with Gasteiger partial charge < -0.3 is 19.8 Å². The number of aliphatic hydroxyl groups is 1. The van der Waals surface area contributed by atoms with E-state index in [2.05, 4.69) is 0 Å². The summed E-state index contributed by atoms with van der Waals surface area (Å²) in [6.45, 7) is 0.313. The van der Waals surface area contributed by atoms with Gasteiger partial charge in [0.05, 0.1) is 12.7 Å². The number of hydrogen-bond acceptors (Lipinski definition) is 4. The van der Waals surface area contributed by atoms with Crippen LogP contribution in [0.2, 0.25) is 0 Å². The van der Waals surface area contributed by atoms with E-state index in [1.807, 2.05) is 0 Å². The Morgan fingerprint density at radius 3 is 2.75 bits per heavy atom. The molecule has 0 spiro atoms. The highest BCUT2D eigenvalue weighted by molar-refractivity contribution is 5.98. The Morgan fingerprint density at radius 1 is 1.40 bits per heavy atom. The molecule has 0 aromatic heterocycles. The molecule has 0 aliphatic carbocycles. The van der Waals surface area contributed by atoms with Gasteiger partial charge in [0.15, 0.2) is 0 Å². The van der Waals surface area contributed by atoms with Gasteiger partial charge in [-0.05, 0) is 11.6 Å². The highest BCUT2D eigenvalue weighted by atomic mass is 16.5. The third-order valence-corrected chi connectivity index (χ3v) is 3.37. The molecule has 1 heterocycles. The van der Waals surface area contributed by atoms with Crippen LogP contribution in [-0.2, 0) is 16.1 Å².